The average Bonchev–Trinajstić information content (AvgIpc) is 3.10. The van der Waals surface area contributed by atoms with Gasteiger partial charge in [0.2, 0.25) is 0 Å². The molecule has 0 bridgehead atoms. The van der Waals surface area contributed by atoms with E-state index in [1.54, 1.807) is 6.92 Å². The number of sulfonamides is 1. The molecule has 2 saturated carbocycles. The van der Waals surface area contributed by atoms with Crippen LogP contribution in [0.5, 0.6) is 0 Å². The fourth-order valence-corrected chi connectivity index (χ4v) is 4.40. The van der Waals surface area contributed by atoms with E-state index in [9.17, 15) is 8.42 Å². The highest BCUT2D eigenvalue weighted by Gasteiger charge is 2.43. The predicted molar refractivity (Wildman–Crippen MR) is 74.6 cm³/mol. The summed E-state index contributed by atoms with van der Waals surface area (Å²) in [5.41, 5.74) is 0. The van der Waals surface area contributed by atoms with E-state index in [0.29, 0.717) is 18.4 Å². The molecule has 2 atom stereocenters. The van der Waals surface area contributed by atoms with Gasteiger partial charge >= 0.3 is 0 Å². The van der Waals surface area contributed by atoms with E-state index in [4.69, 9.17) is 4.42 Å². The van der Waals surface area contributed by atoms with Gasteiger partial charge in [-0.1, -0.05) is 32.1 Å². The lowest BCUT2D eigenvalue weighted by atomic mass is 9.85. The molecule has 0 aromatic carbocycles. The number of aromatic nitrogens is 1. The summed E-state index contributed by atoms with van der Waals surface area (Å²) in [5.74, 6) is 2.44. The van der Waals surface area contributed by atoms with Crippen molar-refractivity contribution in [3.05, 3.63) is 12.1 Å². The van der Waals surface area contributed by atoms with Gasteiger partial charge in [-0.3, -0.25) is 0 Å². The van der Waals surface area contributed by atoms with Crippen molar-refractivity contribution in [2.24, 2.45) is 17.8 Å². The van der Waals surface area contributed by atoms with Crippen LogP contribution in [0.1, 0.15) is 44.4 Å². The molecule has 2 fully saturated rings. The first-order valence-electron chi connectivity index (χ1n) is 7.48. The minimum atomic E-state index is -3.53. The Morgan fingerprint density at radius 3 is 2.75 bits per heavy atom. The summed E-state index contributed by atoms with van der Waals surface area (Å²) in [6, 6.07) is 0. The first kappa shape index (κ1) is 14.1. The molecule has 0 saturated heterocycles. The third-order valence-corrected chi connectivity index (χ3v) is 5.90. The third kappa shape index (κ3) is 3.06. The number of rotatable bonds is 5. The van der Waals surface area contributed by atoms with Crippen LogP contribution in [0.2, 0.25) is 0 Å². The minimum Gasteiger partial charge on any atom is -0.428 e. The van der Waals surface area contributed by atoms with Gasteiger partial charge in [0.05, 0.1) is 6.20 Å². The van der Waals surface area contributed by atoms with Crippen molar-refractivity contribution in [3.63, 3.8) is 0 Å². The molecule has 0 spiro atoms. The largest absolute Gasteiger partial charge is 0.428 e. The maximum Gasteiger partial charge on any atom is 0.275 e. The average molecular weight is 298 g/mol. The van der Waals surface area contributed by atoms with Crippen LogP contribution >= 0.6 is 0 Å². The fraction of sp³-hybridized carbons (Fsp3) is 0.786. The zero-order valence-electron chi connectivity index (χ0n) is 11.8. The molecule has 112 valence electrons. The minimum absolute atomic E-state index is 0.0788. The Hall–Kier alpha value is -0.880. The smallest absolute Gasteiger partial charge is 0.275 e. The van der Waals surface area contributed by atoms with E-state index in [2.05, 4.69) is 9.71 Å². The van der Waals surface area contributed by atoms with E-state index >= 15 is 0 Å². The molecule has 1 aromatic rings. The van der Waals surface area contributed by atoms with E-state index in [-0.39, 0.29) is 5.09 Å². The Bertz CT molecular complexity index is 561. The van der Waals surface area contributed by atoms with Crippen molar-refractivity contribution in [1.29, 1.82) is 0 Å². The summed E-state index contributed by atoms with van der Waals surface area (Å²) in [6.07, 6.45) is 9.15. The third-order valence-electron chi connectivity index (χ3n) is 4.63. The summed E-state index contributed by atoms with van der Waals surface area (Å²) in [7, 11) is -3.53. The molecule has 0 radical (unpaired) electrons. The number of nitrogens with one attached hydrogen (secondary N) is 1. The standard InChI is InChI=1S/C14H22N2O3S/c1-10-15-9-14(19-10)20(17,18)16-8-12-7-13(12)11-5-3-2-4-6-11/h9,11-13,16H,2-8H2,1H3/t12-,13-/m0/s1. The summed E-state index contributed by atoms with van der Waals surface area (Å²) in [5, 5.41) is -0.0788. The zero-order valence-corrected chi connectivity index (χ0v) is 12.7. The van der Waals surface area contributed by atoms with E-state index in [1.165, 1.54) is 44.7 Å². The highest BCUT2D eigenvalue weighted by atomic mass is 32.2. The molecule has 6 heteroatoms. The Kier molecular flexibility index (Phi) is 3.86. The van der Waals surface area contributed by atoms with Gasteiger partial charge in [-0.05, 0) is 24.2 Å². The predicted octanol–water partition coefficient (Wildman–Crippen LogP) is 2.48. The molecular weight excluding hydrogens is 276 g/mol. The van der Waals surface area contributed by atoms with Crippen LogP contribution in [-0.2, 0) is 10.0 Å². The van der Waals surface area contributed by atoms with Gasteiger partial charge in [-0.15, -0.1) is 0 Å². The quantitative estimate of drug-likeness (QED) is 0.906. The number of nitrogens with zero attached hydrogens (tertiary/aromatic N) is 1. The lowest BCUT2D eigenvalue weighted by Crippen LogP contribution is -2.26. The Balaban J connectivity index is 1.51. The lowest BCUT2D eigenvalue weighted by molar-refractivity contribution is 0.309. The van der Waals surface area contributed by atoms with Crippen LogP contribution in [0.25, 0.3) is 0 Å². The van der Waals surface area contributed by atoms with Crippen LogP contribution < -0.4 is 4.72 Å². The molecule has 0 unspecified atom stereocenters. The second kappa shape index (κ2) is 5.48. The molecule has 1 N–H and O–H groups in total. The van der Waals surface area contributed by atoms with E-state index < -0.39 is 10.0 Å². The molecule has 1 heterocycles. The van der Waals surface area contributed by atoms with Gasteiger partial charge < -0.3 is 4.42 Å². The van der Waals surface area contributed by atoms with Crippen LogP contribution in [0.4, 0.5) is 0 Å². The van der Waals surface area contributed by atoms with Crippen molar-refractivity contribution >= 4 is 10.0 Å². The van der Waals surface area contributed by atoms with E-state index in [1.807, 2.05) is 0 Å². The molecule has 0 aliphatic heterocycles. The van der Waals surface area contributed by atoms with Crippen molar-refractivity contribution in [3.8, 4) is 0 Å². The van der Waals surface area contributed by atoms with Crippen LogP contribution in [0, 0.1) is 24.7 Å². The normalized spacial score (nSPS) is 27.6. The number of hydrogen-bond acceptors (Lipinski definition) is 4. The fourth-order valence-electron chi connectivity index (χ4n) is 3.40. The number of oxazole rings is 1. The van der Waals surface area contributed by atoms with E-state index in [0.717, 1.165) is 11.8 Å². The monoisotopic (exact) mass is 298 g/mol. The second-order valence-electron chi connectivity index (χ2n) is 6.11. The highest BCUT2D eigenvalue weighted by Crippen LogP contribution is 2.49. The van der Waals surface area contributed by atoms with Gasteiger partial charge in [0, 0.05) is 13.5 Å². The second-order valence-corrected chi connectivity index (χ2v) is 7.81. The van der Waals surface area contributed by atoms with Crippen LogP contribution in [0.15, 0.2) is 15.7 Å². The summed E-state index contributed by atoms with van der Waals surface area (Å²) < 4.78 is 31.8. The Morgan fingerprint density at radius 2 is 2.10 bits per heavy atom. The van der Waals surface area contributed by atoms with Crippen molar-refractivity contribution in [2.45, 2.75) is 50.5 Å². The van der Waals surface area contributed by atoms with Crippen molar-refractivity contribution in [2.75, 3.05) is 6.54 Å². The van der Waals surface area contributed by atoms with Crippen LogP contribution in [0.3, 0.4) is 0 Å². The summed E-state index contributed by atoms with van der Waals surface area (Å²) in [6.45, 7) is 2.17. The molecule has 3 rings (SSSR count). The maximum absolute atomic E-state index is 12.0. The maximum atomic E-state index is 12.0. The highest BCUT2D eigenvalue weighted by molar-refractivity contribution is 7.89. The topological polar surface area (TPSA) is 72.2 Å². The van der Waals surface area contributed by atoms with Gasteiger partial charge in [0.25, 0.3) is 15.1 Å². The Morgan fingerprint density at radius 1 is 1.35 bits per heavy atom. The van der Waals surface area contributed by atoms with Crippen molar-refractivity contribution in [1.82, 2.24) is 9.71 Å². The van der Waals surface area contributed by atoms with Gasteiger partial charge in [-0.25, -0.2) is 18.1 Å². The summed E-state index contributed by atoms with van der Waals surface area (Å²) in [4.78, 5) is 3.83. The first-order valence-corrected chi connectivity index (χ1v) is 8.96. The molecule has 20 heavy (non-hydrogen) atoms. The van der Waals surface area contributed by atoms with Gasteiger partial charge in [0.15, 0.2) is 5.89 Å². The SMILES string of the molecule is Cc1ncc(S(=O)(=O)NC[C@@H]2C[C@H]2C2CCCCC2)o1. The van der Waals surface area contributed by atoms with Crippen LogP contribution in [-0.4, -0.2) is 19.9 Å². The molecule has 5 nitrogen and oxygen atoms in total. The number of aryl methyl sites for hydroxylation is 1. The van der Waals surface area contributed by atoms with Crippen molar-refractivity contribution < 1.29 is 12.8 Å². The zero-order chi connectivity index (χ0) is 14.2. The number of hydrogen-bond donors (Lipinski definition) is 1. The molecule has 0 amide bonds. The molecule has 1 aromatic heterocycles. The molecule has 2 aliphatic rings. The summed E-state index contributed by atoms with van der Waals surface area (Å²) >= 11 is 0. The molecule has 2 aliphatic carbocycles. The lowest BCUT2D eigenvalue weighted by Gasteiger charge is -2.21. The Labute approximate surface area is 120 Å². The first-order chi connectivity index (χ1) is 9.56. The van der Waals surface area contributed by atoms with Gasteiger partial charge in [-0.2, -0.15) is 0 Å². The molecular formula is C14H22N2O3S. The van der Waals surface area contributed by atoms with Gasteiger partial charge in [0.1, 0.15) is 0 Å².